The Labute approximate surface area is 122 Å². The van der Waals surface area contributed by atoms with Gasteiger partial charge >= 0.3 is 0 Å². The van der Waals surface area contributed by atoms with E-state index in [0.717, 1.165) is 0 Å². The molecule has 1 aromatic heterocycles. The van der Waals surface area contributed by atoms with Gasteiger partial charge in [-0.25, -0.2) is 0 Å². The summed E-state index contributed by atoms with van der Waals surface area (Å²) in [6.07, 6.45) is -0.391. The molecule has 0 saturated heterocycles. The van der Waals surface area contributed by atoms with Crippen molar-refractivity contribution in [1.29, 1.82) is 0 Å². The van der Waals surface area contributed by atoms with Gasteiger partial charge in [0, 0.05) is 19.2 Å². The maximum atomic E-state index is 9.94. The van der Waals surface area contributed by atoms with Gasteiger partial charge in [-0.05, 0) is 0 Å². The van der Waals surface area contributed by atoms with Gasteiger partial charge in [0.1, 0.15) is 6.10 Å². The number of hydrogen-bond acceptors (Lipinski definition) is 9. The van der Waals surface area contributed by atoms with Crippen molar-refractivity contribution >= 4 is 0 Å². The summed E-state index contributed by atoms with van der Waals surface area (Å²) in [7, 11) is 0. The van der Waals surface area contributed by atoms with Gasteiger partial charge in [-0.1, -0.05) is 0 Å². The highest BCUT2D eigenvalue weighted by Crippen LogP contribution is 2.15. The van der Waals surface area contributed by atoms with Crippen molar-refractivity contribution in [3.63, 3.8) is 0 Å². The summed E-state index contributed by atoms with van der Waals surface area (Å²) in [5, 5.41) is 37.9. The molecule has 5 atom stereocenters. The molecule has 9 nitrogen and oxygen atoms in total. The molecule has 10 N–H and O–H groups in total. The molecule has 0 bridgehead atoms. The lowest BCUT2D eigenvalue weighted by Gasteiger charge is -2.22. The molecule has 0 fully saturated rings. The fraction of sp³-hybridized carbons (Fsp3) is 0.667. The first-order valence-electron chi connectivity index (χ1n) is 6.57. The molecular formula is C12H23N5O4. The predicted molar refractivity (Wildman–Crippen MR) is 74.8 cm³/mol. The minimum Gasteiger partial charge on any atom is -0.395 e. The summed E-state index contributed by atoms with van der Waals surface area (Å²) >= 11 is 0. The van der Waals surface area contributed by atoms with E-state index in [1.807, 2.05) is 0 Å². The third kappa shape index (κ3) is 4.93. The van der Waals surface area contributed by atoms with Crippen LogP contribution in [0, 0.1) is 0 Å². The Bertz CT molecular complexity index is 419. The molecule has 1 rings (SSSR count). The predicted octanol–water partition coefficient (Wildman–Crippen LogP) is -3.62. The zero-order valence-corrected chi connectivity index (χ0v) is 11.6. The molecule has 0 spiro atoms. The maximum Gasteiger partial charge on any atom is 0.115 e. The molecule has 1 heterocycles. The SMILES string of the molecule is NC[C@H](O)[C@H](N)C(O)c1cnc(C[C@H](O)[C@@H](N)CO)cn1. The van der Waals surface area contributed by atoms with E-state index in [-0.39, 0.29) is 25.3 Å². The minimum absolute atomic E-state index is 0.0744. The van der Waals surface area contributed by atoms with E-state index in [2.05, 4.69) is 9.97 Å². The fourth-order valence-electron chi connectivity index (χ4n) is 1.67. The van der Waals surface area contributed by atoms with Crippen LogP contribution in [0.4, 0.5) is 0 Å². The largest absolute Gasteiger partial charge is 0.395 e. The lowest BCUT2D eigenvalue weighted by atomic mass is 10.0. The van der Waals surface area contributed by atoms with Crippen LogP contribution in [0.2, 0.25) is 0 Å². The summed E-state index contributed by atoms with van der Waals surface area (Å²) in [6, 6.07) is -1.73. The summed E-state index contributed by atoms with van der Waals surface area (Å²) in [5.74, 6) is 0. The molecule has 0 amide bonds. The fourth-order valence-corrected chi connectivity index (χ4v) is 1.67. The lowest BCUT2D eigenvalue weighted by molar-refractivity contribution is 0.0571. The Morgan fingerprint density at radius 1 is 1.05 bits per heavy atom. The molecule has 1 unspecified atom stereocenters. The van der Waals surface area contributed by atoms with Crippen molar-refractivity contribution in [2.75, 3.05) is 13.2 Å². The molecule has 1 aromatic rings. The number of rotatable bonds is 8. The first-order chi connectivity index (χ1) is 9.90. The lowest BCUT2D eigenvalue weighted by Crippen LogP contribution is -2.44. The van der Waals surface area contributed by atoms with E-state index < -0.39 is 30.4 Å². The monoisotopic (exact) mass is 301 g/mol. The molecule has 0 aromatic carbocycles. The van der Waals surface area contributed by atoms with Crippen molar-refractivity contribution in [1.82, 2.24) is 9.97 Å². The van der Waals surface area contributed by atoms with E-state index in [1.165, 1.54) is 12.4 Å². The first-order valence-corrected chi connectivity index (χ1v) is 6.57. The average molecular weight is 301 g/mol. The Balaban J connectivity index is 2.69. The van der Waals surface area contributed by atoms with Crippen LogP contribution in [-0.2, 0) is 6.42 Å². The molecule has 120 valence electrons. The molecule has 21 heavy (non-hydrogen) atoms. The number of aliphatic hydroxyl groups is 4. The topological polar surface area (TPSA) is 185 Å². The normalized spacial score (nSPS) is 18.8. The molecule has 0 radical (unpaired) electrons. The van der Waals surface area contributed by atoms with Gasteiger partial charge in [-0.3, -0.25) is 9.97 Å². The Morgan fingerprint density at radius 2 is 1.71 bits per heavy atom. The highest BCUT2D eigenvalue weighted by atomic mass is 16.3. The summed E-state index contributed by atoms with van der Waals surface area (Å²) in [4.78, 5) is 8.03. The minimum atomic E-state index is -1.20. The third-order valence-corrected chi connectivity index (χ3v) is 3.20. The molecular weight excluding hydrogens is 278 g/mol. The van der Waals surface area contributed by atoms with Gasteiger partial charge in [0.05, 0.1) is 48.5 Å². The van der Waals surface area contributed by atoms with Crippen LogP contribution in [0.25, 0.3) is 0 Å². The van der Waals surface area contributed by atoms with Crippen molar-refractivity contribution < 1.29 is 20.4 Å². The Hall–Kier alpha value is -1.20. The Morgan fingerprint density at radius 3 is 2.19 bits per heavy atom. The molecule has 9 heteroatoms. The maximum absolute atomic E-state index is 9.94. The zero-order chi connectivity index (χ0) is 16.0. The first kappa shape index (κ1) is 17.9. The highest BCUT2D eigenvalue weighted by molar-refractivity contribution is 5.09. The third-order valence-electron chi connectivity index (χ3n) is 3.20. The van der Waals surface area contributed by atoms with Gasteiger partial charge in [-0.2, -0.15) is 0 Å². The molecule has 0 aliphatic heterocycles. The quantitative estimate of drug-likeness (QED) is 0.254. The van der Waals surface area contributed by atoms with E-state index >= 15 is 0 Å². The van der Waals surface area contributed by atoms with Gasteiger partial charge in [0.25, 0.3) is 0 Å². The summed E-state index contributed by atoms with van der Waals surface area (Å²) in [6.45, 7) is -0.411. The van der Waals surface area contributed by atoms with Crippen molar-refractivity contribution in [2.24, 2.45) is 17.2 Å². The van der Waals surface area contributed by atoms with E-state index in [9.17, 15) is 15.3 Å². The van der Waals surface area contributed by atoms with E-state index in [0.29, 0.717) is 5.69 Å². The number of aliphatic hydroxyl groups excluding tert-OH is 4. The van der Waals surface area contributed by atoms with Crippen LogP contribution < -0.4 is 17.2 Å². The standard InChI is InChI=1S/C12H23N5O4/c13-2-10(20)11(15)12(21)8-4-16-6(3-17-8)1-9(19)7(14)5-18/h3-4,7,9-12,18-21H,1-2,5,13-15H2/t7-,9-,10-,11-,12?/m0/s1. The number of nitrogens with zero attached hydrogens (tertiary/aromatic N) is 2. The number of hydrogen-bond donors (Lipinski definition) is 7. The average Bonchev–Trinajstić information content (AvgIpc) is 2.52. The van der Waals surface area contributed by atoms with Gasteiger partial charge < -0.3 is 37.6 Å². The second kappa shape index (κ2) is 8.29. The van der Waals surface area contributed by atoms with Crippen LogP contribution in [0.3, 0.4) is 0 Å². The van der Waals surface area contributed by atoms with Gasteiger partial charge in [-0.15, -0.1) is 0 Å². The van der Waals surface area contributed by atoms with Gasteiger partial charge in [0.2, 0.25) is 0 Å². The van der Waals surface area contributed by atoms with E-state index in [4.69, 9.17) is 22.3 Å². The van der Waals surface area contributed by atoms with Crippen LogP contribution in [0.15, 0.2) is 12.4 Å². The van der Waals surface area contributed by atoms with Crippen molar-refractivity contribution in [3.8, 4) is 0 Å². The number of aromatic nitrogens is 2. The molecule has 0 aliphatic carbocycles. The van der Waals surface area contributed by atoms with Crippen molar-refractivity contribution in [2.45, 2.75) is 36.8 Å². The Kier molecular flexibility index (Phi) is 7.05. The summed E-state index contributed by atoms with van der Waals surface area (Å²) < 4.78 is 0. The van der Waals surface area contributed by atoms with Crippen LogP contribution >= 0.6 is 0 Å². The van der Waals surface area contributed by atoms with E-state index in [1.54, 1.807) is 0 Å². The smallest absolute Gasteiger partial charge is 0.115 e. The summed E-state index contributed by atoms with van der Waals surface area (Å²) in [5.41, 5.74) is 17.1. The highest BCUT2D eigenvalue weighted by Gasteiger charge is 2.25. The molecule has 0 saturated carbocycles. The second-order valence-electron chi connectivity index (χ2n) is 4.88. The van der Waals surface area contributed by atoms with Gasteiger partial charge in [0.15, 0.2) is 0 Å². The zero-order valence-electron chi connectivity index (χ0n) is 11.6. The number of nitrogens with two attached hydrogens (primary N) is 3. The van der Waals surface area contributed by atoms with Crippen LogP contribution in [0.1, 0.15) is 17.5 Å². The van der Waals surface area contributed by atoms with Crippen LogP contribution in [-0.4, -0.2) is 67.8 Å². The van der Waals surface area contributed by atoms with Crippen molar-refractivity contribution in [3.05, 3.63) is 23.8 Å². The second-order valence-corrected chi connectivity index (χ2v) is 4.88. The molecule has 0 aliphatic rings. The van der Waals surface area contributed by atoms with Crippen LogP contribution in [0.5, 0.6) is 0 Å².